The summed E-state index contributed by atoms with van der Waals surface area (Å²) in [6, 6.07) is 3.80. The van der Waals surface area contributed by atoms with Crippen LogP contribution in [0.3, 0.4) is 0 Å². The zero-order chi connectivity index (χ0) is 17.8. The maximum absolute atomic E-state index is 12.7. The minimum absolute atomic E-state index is 0.00191. The molecule has 1 saturated heterocycles. The molecule has 0 aliphatic carbocycles. The number of aryl methyl sites for hydroxylation is 1. The molecule has 3 heterocycles. The molecule has 1 N–H and O–H groups in total. The third kappa shape index (κ3) is 4.10. The Labute approximate surface area is 151 Å². The number of aromatic nitrogens is 3. The van der Waals surface area contributed by atoms with Gasteiger partial charge in [0.2, 0.25) is 5.91 Å². The van der Waals surface area contributed by atoms with Crippen molar-refractivity contribution in [1.29, 1.82) is 0 Å². The van der Waals surface area contributed by atoms with Crippen molar-refractivity contribution >= 4 is 17.7 Å². The van der Waals surface area contributed by atoms with Crippen LogP contribution in [0.1, 0.15) is 24.6 Å². The Kier molecular flexibility index (Phi) is 5.53. The average molecular weight is 358 g/mol. The van der Waals surface area contributed by atoms with Crippen LogP contribution in [-0.4, -0.2) is 49.9 Å². The van der Waals surface area contributed by atoms with Crippen LogP contribution in [0.2, 0.25) is 0 Å². The number of hydrogen-bond donors (Lipinski definition) is 1. The van der Waals surface area contributed by atoms with Gasteiger partial charge in [0.25, 0.3) is 5.56 Å². The molecule has 1 fully saturated rings. The smallest absolute Gasteiger partial charge is 0.255 e. The van der Waals surface area contributed by atoms with Crippen LogP contribution in [0.4, 0.5) is 0 Å². The molecule has 6 nitrogen and oxygen atoms in total. The van der Waals surface area contributed by atoms with Gasteiger partial charge in [-0.3, -0.25) is 14.6 Å². The fourth-order valence-corrected chi connectivity index (χ4v) is 4.02. The number of pyridine rings is 1. The molecule has 0 spiro atoms. The topological polar surface area (TPSA) is 79.0 Å². The highest BCUT2D eigenvalue weighted by molar-refractivity contribution is 7.99. The Hall–Kier alpha value is -2.15. The lowest BCUT2D eigenvalue weighted by atomic mass is 10.1. The quantitative estimate of drug-likeness (QED) is 0.908. The number of hydrogen-bond acceptors (Lipinski definition) is 5. The summed E-state index contributed by atoms with van der Waals surface area (Å²) in [5, 5.41) is 0. The summed E-state index contributed by atoms with van der Waals surface area (Å²) in [4.78, 5) is 38.4. The Morgan fingerprint density at radius 1 is 1.36 bits per heavy atom. The van der Waals surface area contributed by atoms with E-state index in [-0.39, 0.29) is 23.9 Å². The molecule has 1 atom stereocenters. The van der Waals surface area contributed by atoms with E-state index in [9.17, 15) is 9.59 Å². The van der Waals surface area contributed by atoms with Crippen LogP contribution in [-0.2, 0) is 11.2 Å². The lowest BCUT2D eigenvalue weighted by Gasteiger charge is -2.27. The van der Waals surface area contributed by atoms with Crippen LogP contribution in [0.15, 0.2) is 29.3 Å². The molecule has 1 unspecified atom stereocenters. The summed E-state index contributed by atoms with van der Waals surface area (Å²) in [5.74, 6) is 2.53. The van der Waals surface area contributed by atoms with Gasteiger partial charge in [-0.05, 0) is 38.2 Å². The fourth-order valence-electron chi connectivity index (χ4n) is 2.98. The normalized spacial score (nSPS) is 18.0. The number of carbonyl (C=O) groups excluding carboxylic acids is 1. The van der Waals surface area contributed by atoms with Crippen LogP contribution in [0, 0.1) is 6.92 Å². The third-order valence-electron chi connectivity index (χ3n) is 4.51. The van der Waals surface area contributed by atoms with E-state index in [1.807, 2.05) is 16.7 Å². The minimum atomic E-state index is -0.246. The summed E-state index contributed by atoms with van der Waals surface area (Å²) in [6.07, 6.45) is 4.40. The fraction of sp³-hybridized carbons (Fsp3) is 0.444. The molecule has 2 aromatic rings. The van der Waals surface area contributed by atoms with Gasteiger partial charge in [0.05, 0.1) is 6.42 Å². The van der Waals surface area contributed by atoms with Gasteiger partial charge in [0, 0.05) is 47.6 Å². The molecule has 2 aromatic heterocycles. The zero-order valence-corrected chi connectivity index (χ0v) is 15.3. The summed E-state index contributed by atoms with van der Waals surface area (Å²) in [7, 11) is 0. The zero-order valence-electron chi connectivity index (χ0n) is 14.5. The molecule has 25 heavy (non-hydrogen) atoms. The molecule has 3 rings (SSSR count). The summed E-state index contributed by atoms with van der Waals surface area (Å²) < 4.78 is 0. The van der Waals surface area contributed by atoms with Crippen LogP contribution < -0.4 is 5.56 Å². The number of amides is 1. The van der Waals surface area contributed by atoms with E-state index >= 15 is 0 Å². The Balaban J connectivity index is 1.83. The molecular weight excluding hydrogens is 336 g/mol. The van der Waals surface area contributed by atoms with Gasteiger partial charge in [0.1, 0.15) is 5.82 Å². The number of nitrogens with one attached hydrogen (secondary N) is 1. The Morgan fingerprint density at radius 2 is 2.12 bits per heavy atom. The highest BCUT2D eigenvalue weighted by Crippen LogP contribution is 2.18. The number of thioether (sulfide) groups is 1. The molecule has 1 aliphatic rings. The first-order valence-electron chi connectivity index (χ1n) is 8.43. The molecule has 1 amide bonds. The highest BCUT2D eigenvalue weighted by Gasteiger charge is 2.24. The predicted molar refractivity (Wildman–Crippen MR) is 99.6 cm³/mol. The number of carbonyl (C=O) groups is 1. The van der Waals surface area contributed by atoms with E-state index in [4.69, 9.17) is 0 Å². The second kappa shape index (κ2) is 7.82. The van der Waals surface area contributed by atoms with E-state index in [2.05, 4.69) is 21.9 Å². The molecule has 7 heteroatoms. The second-order valence-electron chi connectivity index (χ2n) is 6.23. The first-order valence-corrected chi connectivity index (χ1v) is 9.59. The van der Waals surface area contributed by atoms with Crippen molar-refractivity contribution < 1.29 is 4.79 Å². The number of nitrogens with zero attached hydrogens (tertiary/aromatic N) is 3. The van der Waals surface area contributed by atoms with Gasteiger partial charge in [0.15, 0.2) is 0 Å². The lowest BCUT2D eigenvalue weighted by Crippen LogP contribution is -2.41. The number of rotatable bonds is 3. The molecule has 0 radical (unpaired) electrons. The number of aromatic amines is 1. The maximum Gasteiger partial charge on any atom is 0.255 e. The molecule has 0 saturated carbocycles. The van der Waals surface area contributed by atoms with Crippen molar-refractivity contribution in [3.8, 4) is 11.4 Å². The van der Waals surface area contributed by atoms with E-state index in [0.717, 1.165) is 30.0 Å². The summed E-state index contributed by atoms with van der Waals surface area (Å²) in [6.45, 7) is 4.60. The van der Waals surface area contributed by atoms with E-state index in [0.29, 0.717) is 17.1 Å². The van der Waals surface area contributed by atoms with Crippen molar-refractivity contribution in [2.24, 2.45) is 0 Å². The van der Waals surface area contributed by atoms with Crippen molar-refractivity contribution in [3.63, 3.8) is 0 Å². The maximum atomic E-state index is 12.7. The highest BCUT2D eigenvalue weighted by atomic mass is 32.2. The minimum Gasteiger partial charge on any atom is -0.339 e. The average Bonchev–Trinajstić information content (AvgIpc) is 2.83. The van der Waals surface area contributed by atoms with Crippen LogP contribution in [0.25, 0.3) is 11.4 Å². The summed E-state index contributed by atoms with van der Waals surface area (Å²) >= 11 is 1.87. The summed E-state index contributed by atoms with van der Waals surface area (Å²) in [5.41, 5.74) is 1.60. The Morgan fingerprint density at radius 3 is 2.84 bits per heavy atom. The van der Waals surface area contributed by atoms with Gasteiger partial charge in [-0.1, -0.05) is 0 Å². The lowest BCUT2D eigenvalue weighted by molar-refractivity contribution is -0.132. The van der Waals surface area contributed by atoms with Crippen molar-refractivity contribution in [1.82, 2.24) is 19.9 Å². The van der Waals surface area contributed by atoms with E-state index in [1.54, 1.807) is 31.5 Å². The van der Waals surface area contributed by atoms with Gasteiger partial charge in [-0.2, -0.15) is 11.8 Å². The van der Waals surface area contributed by atoms with Crippen LogP contribution in [0.5, 0.6) is 0 Å². The molecule has 1 aliphatic heterocycles. The van der Waals surface area contributed by atoms with E-state index < -0.39 is 0 Å². The second-order valence-corrected chi connectivity index (χ2v) is 7.45. The third-order valence-corrected chi connectivity index (χ3v) is 5.51. The molecule has 132 valence electrons. The van der Waals surface area contributed by atoms with Crippen LogP contribution >= 0.6 is 11.8 Å². The predicted octanol–water partition coefficient (Wildman–Crippen LogP) is 2.04. The molecule has 0 bridgehead atoms. The van der Waals surface area contributed by atoms with Crippen molar-refractivity contribution in [3.05, 3.63) is 46.1 Å². The number of H-pyrrole nitrogens is 1. The molecular formula is C18H22N4O2S. The first kappa shape index (κ1) is 17.7. The van der Waals surface area contributed by atoms with Gasteiger partial charge in [-0.15, -0.1) is 0 Å². The SMILES string of the molecule is Cc1nc(-c2ccncc2)[nH]c(=O)c1CC(=O)N1CCSCCC1C. The first-order chi connectivity index (χ1) is 12.1. The van der Waals surface area contributed by atoms with E-state index in [1.165, 1.54) is 0 Å². The van der Waals surface area contributed by atoms with Gasteiger partial charge in [-0.25, -0.2) is 4.98 Å². The largest absolute Gasteiger partial charge is 0.339 e. The van der Waals surface area contributed by atoms with Crippen molar-refractivity contribution in [2.45, 2.75) is 32.7 Å². The van der Waals surface area contributed by atoms with Gasteiger partial charge < -0.3 is 9.88 Å². The monoisotopic (exact) mass is 358 g/mol. The van der Waals surface area contributed by atoms with Gasteiger partial charge >= 0.3 is 0 Å². The van der Waals surface area contributed by atoms with Crippen molar-refractivity contribution in [2.75, 3.05) is 18.1 Å². The Bertz CT molecular complexity index is 806. The molecule has 0 aromatic carbocycles. The standard InChI is InChI=1S/C18H22N4O2S/c1-12-5-9-25-10-8-22(12)16(23)11-15-13(2)20-17(21-18(15)24)14-3-6-19-7-4-14/h3-4,6-7,12H,5,8-11H2,1-2H3,(H,20,21,24).